The summed E-state index contributed by atoms with van der Waals surface area (Å²) in [6.45, 7) is 3.91. The maximum absolute atomic E-state index is 12.4. The van der Waals surface area contributed by atoms with E-state index in [4.69, 9.17) is 9.84 Å². The van der Waals surface area contributed by atoms with Crippen LogP contribution in [0.25, 0.3) is 0 Å². The minimum atomic E-state index is -1.31. The minimum absolute atomic E-state index is 0.0287. The first-order valence-corrected chi connectivity index (χ1v) is 13.2. The maximum atomic E-state index is 12.4. The molecule has 0 aromatic carbocycles. The molecule has 9 heteroatoms. The number of aliphatic hydroxyl groups excluding tert-OH is 3. The standard InChI is InChI=1S/C27H40O9/c1-25-7-5-16(28)9-15(25)3-4-19-20-6-8-27(35,26(20,2)13-21(31)24(19)25)14-36-23(34)12-18(30)10-17(29)11-22(32)33/h9,17-21,24,29-31,35H,3-8,10-14H2,1-2H3,(H,32,33)/t17-,18+,19?,20?,21?,24?,25-,26-,27-/m0/s1. The SMILES string of the molecule is C[C@]12CCC(=O)C=C1CCC1C2C(O)C[C@@]2(C)C1CC[C@]2(O)COC(=O)C[C@H](O)C[C@H](O)CC(=O)O. The molecule has 0 aliphatic heterocycles. The van der Waals surface area contributed by atoms with Crippen LogP contribution in [0, 0.1) is 28.6 Å². The molecule has 5 N–H and O–H groups in total. The quantitative estimate of drug-likeness (QED) is 0.307. The fourth-order valence-corrected chi connectivity index (χ4v) is 8.15. The van der Waals surface area contributed by atoms with Crippen LogP contribution in [0.5, 0.6) is 0 Å². The predicted molar refractivity (Wildman–Crippen MR) is 128 cm³/mol. The fourth-order valence-electron chi connectivity index (χ4n) is 8.15. The monoisotopic (exact) mass is 508 g/mol. The number of allylic oxidation sites excluding steroid dienone is 1. The van der Waals surface area contributed by atoms with Crippen LogP contribution in [-0.4, -0.2) is 73.8 Å². The summed E-state index contributed by atoms with van der Waals surface area (Å²) in [6, 6.07) is 0. The lowest BCUT2D eigenvalue weighted by Gasteiger charge is -2.60. The van der Waals surface area contributed by atoms with Crippen LogP contribution in [0.2, 0.25) is 0 Å². The lowest BCUT2D eigenvalue weighted by atomic mass is 9.45. The van der Waals surface area contributed by atoms with Crippen molar-refractivity contribution in [3.63, 3.8) is 0 Å². The molecule has 0 spiro atoms. The smallest absolute Gasteiger partial charge is 0.308 e. The van der Waals surface area contributed by atoms with E-state index in [1.54, 1.807) is 6.08 Å². The van der Waals surface area contributed by atoms with E-state index < -0.39 is 54.1 Å². The van der Waals surface area contributed by atoms with E-state index in [0.29, 0.717) is 19.3 Å². The van der Waals surface area contributed by atoms with Gasteiger partial charge >= 0.3 is 11.9 Å². The number of carbonyl (C=O) groups is 3. The number of fused-ring (bicyclic) bond motifs is 5. The van der Waals surface area contributed by atoms with Gasteiger partial charge in [0.15, 0.2) is 5.78 Å². The van der Waals surface area contributed by atoms with Crippen LogP contribution >= 0.6 is 0 Å². The third-order valence-electron chi connectivity index (χ3n) is 10.0. The zero-order valence-electron chi connectivity index (χ0n) is 21.2. The summed E-state index contributed by atoms with van der Waals surface area (Å²) in [5.74, 6) is -1.38. The number of rotatable bonds is 8. The number of aliphatic carboxylic acids is 1. The molecule has 0 amide bonds. The summed E-state index contributed by atoms with van der Waals surface area (Å²) in [5, 5.41) is 51.5. The fraction of sp³-hybridized carbons (Fsp3) is 0.815. The highest BCUT2D eigenvalue weighted by Gasteiger charge is 2.66. The molecule has 36 heavy (non-hydrogen) atoms. The lowest BCUT2D eigenvalue weighted by molar-refractivity contribution is -0.192. The Morgan fingerprint density at radius 2 is 1.81 bits per heavy atom. The molecule has 9 nitrogen and oxygen atoms in total. The van der Waals surface area contributed by atoms with Gasteiger partial charge < -0.3 is 30.3 Å². The van der Waals surface area contributed by atoms with Crippen molar-refractivity contribution in [2.24, 2.45) is 28.6 Å². The Morgan fingerprint density at radius 3 is 2.50 bits per heavy atom. The second-order valence-corrected chi connectivity index (χ2v) is 12.2. The van der Waals surface area contributed by atoms with Gasteiger partial charge in [-0.2, -0.15) is 0 Å². The number of aliphatic hydroxyl groups is 4. The van der Waals surface area contributed by atoms with E-state index in [1.807, 2.05) is 6.92 Å². The van der Waals surface area contributed by atoms with Crippen molar-refractivity contribution >= 4 is 17.7 Å². The summed E-state index contributed by atoms with van der Waals surface area (Å²) >= 11 is 0. The zero-order valence-corrected chi connectivity index (χ0v) is 21.2. The van der Waals surface area contributed by atoms with Crippen molar-refractivity contribution < 1.29 is 44.7 Å². The van der Waals surface area contributed by atoms with Gasteiger partial charge in [-0.3, -0.25) is 14.4 Å². The first-order valence-electron chi connectivity index (χ1n) is 13.2. The van der Waals surface area contributed by atoms with Crippen molar-refractivity contribution in [1.29, 1.82) is 0 Å². The molecule has 3 fully saturated rings. The van der Waals surface area contributed by atoms with E-state index in [9.17, 15) is 34.8 Å². The van der Waals surface area contributed by atoms with Gasteiger partial charge in [-0.05, 0) is 67.8 Å². The van der Waals surface area contributed by atoms with E-state index in [0.717, 1.165) is 31.3 Å². The Bertz CT molecular complexity index is 930. The van der Waals surface area contributed by atoms with Gasteiger partial charge in [0, 0.05) is 18.3 Å². The summed E-state index contributed by atoms with van der Waals surface area (Å²) in [5.41, 5.74) is -1.03. The normalized spacial score (nSPS) is 41.4. The molecule has 9 atom stereocenters. The van der Waals surface area contributed by atoms with Gasteiger partial charge in [0.2, 0.25) is 0 Å². The Morgan fingerprint density at radius 1 is 1.11 bits per heavy atom. The number of carbonyl (C=O) groups excluding carboxylic acids is 2. The number of carboxylic acids is 1. The van der Waals surface area contributed by atoms with Crippen LogP contribution in [0.3, 0.4) is 0 Å². The van der Waals surface area contributed by atoms with Crippen LogP contribution < -0.4 is 0 Å². The third kappa shape index (κ3) is 4.75. The minimum Gasteiger partial charge on any atom is -0.481 e. The Kier molecular flexibility index (Phi) is 7.43. The number of ketones is 1. The molecule has 0 radical (unpaired) electrons. The second-order valence-electron chi connectivity index (χ2n) is 12.2. The largest absolute Gasteiger partial charge is 0.481 e. The molecule has 4 aliphatic carbocycles. The Balaban J connectivity index is 1.41. The van der Waals surface area contributed by atoms with Crippen LogP contribution in [0.1, 0.15) is 78.1 Å². The van der Waals surface area contributed by atoms with Crippen molar-refractivity contribution in [1.82, 2.24) is 0 Å². The molecule has 4 aliphatic rings. The molecule has 0 aromatic heterocycles. The first kappa shape index (κ1) is 27.2. The summed E-state index contributed by atoms with van der Waals surface area (Å²) < 4.78 is 5.39. The zero-order chi connectivity index (χ0) is 26.5. The van der Waals surface area contributed by atoms with Crippen molar-refractivity contribution in [3.8, 4) is 0 Å². The van der Waals surface area contributed by atoms with Gasteiger partial charge in [0.1, 0.15) is 12.2 Å². The number of carboxylic acid groups (broad SMARTS) is 1. The summed E-state index contributed by atoms with van der Waals surface area (Å²) in [7, 11) is 0. The molecule has 202 valence electrons. The van der Waals surface area contributed by atoms with E-state index >= 15 is 0 Å². The van der Waals surface area contributed by atoms with Crippen LogP contribution in [-0.2, 0) is 19.1 Å². The Hall–Kier alpha value is -1.81. The van der Waals surface area contributed by atoms with Crippen molar-refractivity contribution in [2.45, 2.75) is 102 Å². The lowest BCUT2D eigenvalue weighted by Crippen LogP contribution is -2.60. The molecule has 0 bridgehead atoms. The van der Waals surface area contributed by atoms with E-state index in [-0.39, 0.29) is 42.0 Å². The van der Waals surface area contributed by atoms with Gasteiger partial charge in [0.25, 0.3) is 0 Å². The van der Waals surface area contributed by atoms with Crippen LogP contribution in [0.4, 0.5) is 0 Å². The summed E-state index contributed by atoms with van der Waals surface area (Å²) in [6.07, 6.45) is 1.93. The number of esters is 1. The number of ether oxygens (including phenoxy) is 1. The molecule has 3 saturated carbocycles. The van der Waals surface area contributed by atoms with Crippen LogP contribution in [0.15, 0.2) is 11.6 Å². The molecule has 0 heterocycles. The molecular formula is C27H40O9. The third-order valence-corrected chi connectivity index (χ3v) is 10.0. The molecule has 4 rings (SSSR count). The topological polar surface area (TPSA) is 162 Å². The summed E-state index contributed by atoms with van der Waals surface area (Å²) in [4.78, 5) is 35.1. The molecule has 0 saturated heterocycles. The maximum Gasteiger partial charge on any atom is 0.308 e. The number of hydrogen-bond donors (Lipinski definition) is 5. The van der Waals surface area contributed by atoms with Gasteiger partial charge in [0.05, 0.1) is 31.2 Å². The van der Waals surface area contributed by atoms with Crippen molar-refractivity contribution in [3.05, 3.63) is 11.6 Å². The van der Waals surface area contributed by atoms with Gasteiger partial charge in [-0.1, -0.05) is 19.4 Å². The Labute approximate surface area is 211 Å². The molecular weight excluding hydrogens is 468 g/mol. The highest BCUT2D eigenvalue weighted by atomic mass is 16.5. The second kappa shape index (κ2) is 9.82. The van der Waals surface area contributed by atoms with E-state index in [1.165, 1.54) is 0 Å². The van der Waals surface area contributed by atoms with Gasteiger partial charge in [-0.25, -0.2) is 0 Å². The molecule has 4 unspecified atom stereocenters. The average Bonchev–Trinajstić information content (AvgIpc) is 3.02. The highest BCUT2D eigenvalue weighted by Crippen LogP contribution is 2.67. The number of hydrogen-bond acceptors (Lipinski definition) is 8. The first-order chi connectivity index (χ1) is 16.8. The highest BCUT2D eigenvalue weighted by molar-refractivity contribution is 5.91. The van der Waals surface area contributed by atoms with Gasteiger partial charge in [-0.15, -0.1) is 0 Å². The molecule has 0 aromatic rings. The average molecular weight is 509 g/mol. The predicted octanol–water partition coefficient (Wildman–Crippen LogP) is 1.74. The van der Waals surface area contributed by atoms with Crippen molar-refractivity contribution in [2.75, 3.05) is 6.61 Å². The van der Waals surface area contributed by atoms with E-state index in [2.05, 4.69) is 6.92 Å².